The molecule has 0 aromatic carbocycles. The van der Waals surface area contributed by atoms with E-state index in [0.29, 0.717) is 12.8 Å². The van der Waals surface area contributed by atoms with Crippen LogP contribution in [0, 0.1) is 23.7 Å². The molecule has 0 heterocycles. The second-order valence-corrected chi connectivity index (χ2v) is 4.17. The first-order chi connectivity index (χ1) is 7.79. The Labute approximate surface area is 101 Å². The van der Waals surface area contributed by atoms with Crippen molar-refractivity contribution in [2.45, 2.75) is 58.4 Å². The zero-order valence-electron chi connectivity index (χ0n) is 10.7. The molecule has 1 unspecified atom stereocenters. The highest BCUT2D eigenvalue weighted by Crippen LogP contribution is 2.11. The summed E-state index contributed by atoms with van der Waals surface area (Å²) < 4.78 is 0. The average Bonchev–Trinajstić information content (AvgIpc) is 2.29. The van der Waals surface area contributed by atoms with E-state index in [1.165, 1.54) is 25.7 Å². The van der Waals surface area contributed by atoms with Gasteiger partial charge in [-0.1, -0.05) is 26.7 Å². The van der Waals surface area contributed by atoms with Crippen molar-refractivity contribution in [3.05, 3.63) is 0 Å². The minimum Gasteiger partial charge on any atom is -0.298 e. The molecule has 16 heavy (non-hydrogen) atoms. The summed E-state index contributed by atoms with van der Waals surface area (Å²) in [5.74, 6) is 2.69. The lowest BCUT2D eigenvalue weighted by atomic mass is 10.1. The molecular formula is C14H24N2. The molecule has 2 nitrogen and oxygen atoms in total. The molecule has 90 valence electrons. The molecule has 0 aliphatic heterocycles. The van der Waals surface area contributed by atoms with E-state index in [0.717, 1.165) is 13.1 Å². The van der Waals surface area contributed by atoms with Crippen LogP contribution in [0.2, 0.25) is 0 Å². The summed E-state index contributed by atoms with van der Waals surface area (Å²) in [4.78, 5) is 2.40. The Hall–Kier alpha value is -0.990. The fourth-order valence-corrected chi connectivity index (χ4v) is 1.77. The number of hydrogen-bond donors (Lipinski definition) is 0. The van der Waals surface area contributed by atoms with Crippen LogP contribution in [-0.4, -0.2) is 24.0 Å². The third-order valence-corrected chi connectivity index (χ3v) is 2.79. The molecule has 0 aliphatic rings. The van der Waals surface area contributed by atoms with Crippen LogP contribution in [0.25, 0.3) is 0 Å². The van der Waals surface area contributed by atoms with E-state index in [2.05, 4.69) is 30.7 Å². The molecule has 0 N–H and O–H groups in total. The van der Waals surface area contributed by atoms with Crippen molar-refractivity contribution < 1.29 is 0 Å². The van der Waals surface area contributed by atoms with Crippen molar-refractivity contribution in [2.24, 2.45) is 0 Å². The maximum Gasteiger partial charge on any atom is 0.0638 e. The Morgan fingerprint density at radius 2 is 1.69 bits per heavy atom. The summed E-state index contributed by atoms with van der Waals surface area (Å²) in [5.41, 5.74) is 0. The van der Waals surface area contributed by atoms with Gasteiger partial charge in [0.2, 0.25) is 0 Å². The average molecular weight is 220 g/mol. The van der Waals surface area contributed by atoms with Crippen LogP contribution in [-0.2, 0) is 0 Å². The highest BCUT2D eigenvalue weighted by molar-refractivity contribution is 4.94. The van der Waals surface area contributed by atoms with Gasteiger partial charge in [0.25, 0.3) is 0 Å². The van der Waals surface area contributed by atoms with Gasteiger partial charge >= 0.3 is 0 Å². The number of hydrogen-bond acceptors (Lipinski definition) is 2. The van der Waals surface area contributed by atoms with Gasteiger partial charge in [0.15, 0.2) is 0 Å². The predicted octanol–water partition coefficient (Wildman–Crippen LogP) is 3.19. The fraction of sp³-hybridized carbons (Fsp3) is 0.786. The molecule has 0 rings (SSSR count). The monoisotopic (exact) mass is 220 g/mol. The summed E-state index contributed by atoms with van der Waals surface area (Å²) in [6, 6.07) is 2.51. The van der Waals surface area contributed by atoms with Gasteiger partial charge in [-0.2, -0.15) is 5.26 Å². The van der Waals surface area contributed by atoms with Gasteiger partial charge in [-0.05, 0) is 25.9 Å². The fourth-order valence-electron chi connectivity index (χ4n) is 1.77. The molecule has 0 aromatic rings. The zero-order valence-corrected chi connectivity index (χ0v) is 10.7. The van der Waals surface area contributed by atoms with Gasteiger partial charge < -0.3 is 0 Å². The molecule has 0 aromatic heterocycles. The second-order valence-electron chi connectivity index (χ2n) is 4.17. The van der Waals surface area contributed by atoms with E-state index in [1.54, 1.807) is 0 Å². The van der Waals surface area contributed by atoms with Crippen LogP contribution in [0.3, 0.4) is 0 Å². The normalized spacial score (nSPS) is 12.1. The first-order valence-corrected chi connectivity index (χ1v) is 6.34. The predicted molar refractivity (Wildman–Crippen MR) is 68.9 cm³/mol. The van der Waals surface area contributed by atoms with Crippen molar-refractivity contribution >= 4 is 0 Å². The van der Waals surface area contributed by atoms with Crippen molar-refractivity contribution in [3.8, 4) is 18.4 Å². The summed E-state index contributed by atoms with van der Waals surface area (Å²) in [5, 5.41) is 8.82. The van der Waals surface area contributed by atoms with Gasteiger partial charge in [-0.25, -0.2) is 0 Å². The molecule has 0 saturated heterocycles. The molecule has 0 radical (unpaired) electrons. The molecule has 0 saturated carbocycles. The van der Waals surface area contributed by atoms with Crippen molar-refractivity contribution in [1.82, 2.24) is 4.90 Å². The number of rotatable bonds is 9. The van der Waals surface area contributed by atoms with E-state index in [9.17, 15) is 0 Å². The van der Waals surface area contributed by atoms with Crippen molar-refractivity contribution in [1.29, 1.82) is 5.26 Å². The van der Waals surface area contributed by atoms with Crippen molar-refractivity contribution in [3.63, 3.8) is 0 Å². The maximum atomic E-state index is 8.82. The van der Waals surface area contributed by atoms with Gasteiger partial charge in [0, 0.05) is 12.5 Å². The Balaban J connectivity index is 4.29. The topological polar surface area (TPSA) is 27.0 Å². The minimum absolute atomic E-state index is 0.257. The van der Waals surface area contributed by atoms with E-state index >= 15 is 0 Å². The summed E-state index contributed by atoms with van der Waals surface area (Å²) in [7, 11) is 0. The summed E-state index contributed by atoms with van der Waals surface area (Å²) in [6.07, 6.45) is 11.4. The number of nitrogens with zero attached hydrogens (tertiary/aromatic N) is 2. The number of unbranched alkanes of at least 4 members (excludes halogenated alkanes) is 2. The highest BCUT2D eigenvalue weighted by atomic mass is 15.1. The molecule has 0 spiro atoms. The first kappa shape index (κ1) is 15.0. The molecular weight excluding hydrogens is 196 g/mol. The first-order valence-electron chi connectivity index (χ1n) is 6.34. The SMILES string of the molecule is C#CCC(CC#N)N(CCCC)CCCC. The molecule has 0 fully saturated rings. The van der Waals surface area contributed by atoms with Crippen LogP contribution in [0.4, 0.5) is 0 Å². The molecule has 0 aliphatic carbocycles. The largest absolute Gasteiger partial charge is 0.298 e. The Morgan fingerprint density at radius 3 is 2.06 bits per heavy atom. The van der Waals surface area contributed by atoms with E-state index < -0.39 is 0 Å². The molecule has 0 amide bonds. The van der Waals surface area contributed by atoms with Crippen LogP contribution in [0.15, 0.2) is 0 Å². The second kappa shape index (κ2) is 10.5. The highest BCUT2D eigenvalue weighted by Gasteiger charge is 2.16. The maximum absolute atomic E-state index is 8.82. The van der Waals surface area contributed by atoms with E-state index in [4.69, 9.17) is 11.7 Å². The molecule has 0 bridgehead atoms. The van der Waals surface area contributed by atoms with Crippen LogP contribution >= 0.6 is 0 Å². The quantitative estimate of drug-likeness (QED) is 0.558. The lowest BCUT2D eigenvalue weighted by Gasteiger charge is -2.29. The third kappa shape index (κ3) is 6.49. The standard InChI is InChI=1S/C14H24N2/c1-4-7-12-16(13-8-5-2)14(9-6-3)10-11-15/h3,14H,4-5,7-10,12-13H2,1-2H3. The van der Waals surface area contributed by atoms with Crippen LogP contribution in [0.5, 0.6) is 0 Å². The number of terminal acetylenes is 1. The Bertz CT molecular complexity index is 210. The van der Waals surface area contributed by atoms with E-state index in [-0.39, 0.29) is 6.04 Å². The summed E-state index contributed by atoms with van der Waals surface area (Å²) in [6.45, 7) is 6.53. The third-order valence-electron chi connectivity index (χ3n) is 2.79. The summed E-state index contributed by atoms with van der Waals surface area (Å²) >= 11 is 0. The van der Waals surface area contributed by atoms with Gasteiger partial charge in [-0.15, -0.1) is 12.3 Å². The van der Waals surface area contributed by atoms with Gasteiger partial charge in [0.1, 0.15) is 0 Å². The van der Waals surface area contributed by atoms with Crippen molar-refractivity contribution in [2.75, 3.05) is 13.1 Å². The minimum atomic E-state index is 0.257. The Kier molecular flexibility index (Phi) is 9.87. The van der Waals surface area contributed by atoms with Crippen LogP contribution in [0.1, 0.15) is 52.4 Å². The lowest BCUT2D eigenvalue weighted by molar-refractivity contribution is 0.194. The smallest absolute Gasteiger partial charge is 0.0638 e. The van der Waals surface area contributed by atoms with Gasteiger partial charge in [0.05, 0.1) is 12.5 Å². The number of nitriles is 1. The lowest BCUT2D eigenvalue weighted by Crippen LogP contribution is -2.36. The Morgan fingerprint density at radius 1 is 1.12 bits per heavy atom. The van der Waals surface area contributed by atoms with Crippen LogP contribution < -0.4 is 0 Å². The zero-order chi connectivity index (χ0) is 12.2. The molecule has 1 atom stereocenters. The molecule has 2 heteroatoms. The van der Waals surface area contributed by atoms with Gasteiger partial charge in [-0.3, -0.25) is 4.90 Å². The van der Waals surface area contributed by atoms with E-state index in [1.807, 2.05) is 0 Å².